The van der Waals surface area contributed by atoms with Crippen molar-refractivity contribution in [3.8, 4) is 23.2 Å². The van der Waals surface area contributed by atoms with Gasteiger partial charge in [0, 0.05) is 11.1 Å². The molecule has 0 aliphatic rings. The zero-order valence-electron chi connectivity index (χ0n) is 20.9. The molecule has 0 amide bonds. The van der Waals surface area contributed by atoms with E-state index in [1.807, 2.05) is 0 Å². The third-order valence-corrected chi connectivity index (χ3v) is 6.62. The highest BCUT2D eigenvalue weighted by Gasteiger charge is 2.31. The standard InChI is InChI=1S/C30H17Cl2F3N4O2/c31-24-12-18(13-25(32)27(24)41-17-21-7-2-1-6-20(21)15-36)16-37-39-28(19-8-5-9-22(14-19)30(33,34)35)38-26-11-4-3-10-23(26)29(39)40/h1-14,16H,17H2. The number of ether oxygens (including phenoxy) is 1. The van der Waals surface area contributed by atoms with Crippen LogP contribution in [0.5, 0.6) is 5.75 Å². The average molecular weight is 593 g/mol. The van der Waals surface area contributed by atoms with Crippen molar-refractivity contribution >= 4 is 40.3 Å². The van der Waals surface area contributed by atoms with Crippen LogP contribution in [0.1, 0.15) is 22.3 Å². The molecule has 11 heteroatoms. The highest BCUT2D eigenvalue weighted by atomic mass is 35.5. The van der Waals surface area contributed by atoms with Crippen LogP contribution < -0.4 is 10.3 Å². The van der Waals surface area contributed by atoms with Gasteiger partial charge >= 0.3 is 6.18 Å². The minimum atomic E-state index is -4.59. The number of benzene rings is 4. The molecule has 5 rings (SSSR count). The summed E-state index contributed by atoms with van der Waals surface area (Å²) in [6, 6.07) is 23.0. The minimum absolute atomic E-state index is 0.0507. The summed E-state index contributed by atoms with van der Waals surface area (Å²) in [5.41, 5.74) is 0.388. The van der Waals surface area contributed by atoms with Gasteiger partial charge in [0.2, 0.25) is 0 Å². The molecule has 0 aliphatic heterocycles. The van der Waals surface area contributed by atoms with Crippen LogP contribution in [-0.2, 0) is 12.8 Å². The summed E-state index contributed by atoms with van der Waals surface area (Å²) in [5.74, 6) is 0.108. The second-order valence-electron chi connectivity index (χ2n) is 8.76. The summed E-state index contributed by atoms with van der Waals surface area (Å²) in [6.07, 6.45) is -3.29. The number of para-hydroxylation sites is 1. The van der Waals surface area contributed by atoms with Crippen molar-refractivity contribution in [2.45, 2.75) is 12.8 Å². The Balaban J connectivity index is 1.53. The Morgan fingerprint density at radius 2 is 1.68 bits per heavy atom. The molecule has 41 heavy (non-hydrogen) atoms. The van der Waals surface area contributed by atoms with Crippen LogP contribution in [0, 0.1) is 11.3 Å². The average Bonchev–Trinajstić information content (AvgIpc) is 2.96. The van der Waals surface area contributed by atoms with Crippen molar-refractivity contribution < 1.29 is 17.9 Å². The van der Waals surface area contributed by atoms with Crippen molar-refractivity contribution in [3.63, 3.8) is 0 Å². The fraction of sp³-hybridized carbons (Fsp3) is 0.0667. The van der Waals surface area contributed by atoms with E-state index in [4.69, 9.17) is 27.9 Å². The van der Waals surface area contributed by atoms with Gasteiger partial charge in [-0.1, -0.05) is 65.7 Å². The first kappa shape index (κ1) is 27.9. The third kappa shape index (κ3) is 5.94. The van der Waals surface area contributed by atoms with E-state index >= 15 is 0 Å². The molecule has 5 aromatic rings. The molecule has 1 heterocycles. The summed E-state index contributed by atoms with van der Waals surface area (Å²) in [4.78, 5) is 17.8. The van der Waals surface area contributed by atoms with Crippen molar-refractivity contribution in [1.29, 1.82) is 5.26 Å². The quantitative estimate of drug-likeness (QED) is 0.189. The van der Waals surface area contributed by atoms with Crippen LogP contribution in [0.15, 0.2) is 94.8 Å². The van der Waals surface area contributed by atoms with E-state index in [0.717, 1.165) is 16.8 Å². The SMILES string of the molecule is N#Cc1ccccc1COc1c(Cl)cc(C=Nn2c(-c3cccc(C(F)(F)F)c3)nc3ccccc3c2=O)cc1Cl. The first-order valence-electron chi connectivity index (χ1n) is 12.0. The third-order valence-electron chi connectivity index (χ3n) is 6.05. The van der Waals surface area contributed by atoms with Crippen molar-refractivity contribution in [1.82, 2.24) is 9.66 Å². The molecule has 0 aliphatic carbocycles. The lowest BCUT2D eigenvalue weighted by Gasteiger charge is -2.13. The molecular weight excluding hydrogens is 576 g/mol. The van der Waals surface area contributed by atoms with E-state index in [0.29, 0.717) is 22.2 Å². The Kier molecular flexibility index (Phi) is 7.79. The van der Waals surface area contributed by atoms with Gasteiger partial charge in [0.05, 0.1) is 44.4 Å². The molecule has 204 valence electrons. The van der Waals surface area contributed by atoms with Crippen LogP contribution in [0.25, 0.3) is 22.3 Å². The highest BCUT2D eigenvalue weighted by molar-refractivity contribution is 6.37. The lowest BCUT2D eigenvalue weighted by molar-refractivity contribution is -0.137. The second-order valence-corrected chi connectivity index (χ2v) is 9.58. The Morgan fingerprint density at radius 1 is 0.976 bits per heavy atom. The number of hydrogen-bond donors (Lipinski definition) is 0. The fourth-order valence-corrected chi connectivity index (χ4v) is 4.69. The summed E-state index contributed by atoms with van der Waals surface area (Å²) in [6.45, 7) is 0.0507. The zero-order valence-corrected chi connectivity index (χ0v) is 22.4. The number of alkyl halides is 3. The first-order valence-corrected chi connectivity index (χ1v) is 12.7. The molecule has 6 nitrogen and oxygen atoms in total. The summed E-state index contributed by atoms with van der Waals surface area (Å²) in [5, 5.41) is 14.1. The van der Waals surface area contributed by atoms with Crippen LogP contribution >= 0.6 is 23.2 Å². The number of rotatable bonds is 6. The van der Waals surface area contributed by atoms with Crippen LogP contribution in [0.3, 0.4) is 0 Å². The monoisotopic (exact) mass is 592 g/mol. The minimum Gasteiger partial charge on any atom is -0.486 e. The summed E-state index contributed by atoms with van der Waals surface area (Å²) < 4.78 is 47.0. The van der Waals surface area contributed by atoms with Gasteiger partial charge in [-0.15, -0.1) is 0 Å². The molecule has 1 aromatic heterocycles. The maximum atomic E-state index is 13.4. The maximum Gasteiger partial charge on any atom is 0.416 e. The lowest BCUT2D eigenvalue weighted by atomic mass is 10.1. The van der Waals surface area contributed by atoms with Crippen LogP contribution in [0.2, 0.25) is 10.0 Å². The molecule has 0 unspecified atom stereocenters. The van der Waals surface area contributed by atoms with E-state index in [2.05, 4.69) is 16.2 Å². The number of fused-ring (bicyclic) bond motifs is 1. The molecule has 4 aromatic carbocycles. The van der Waals surface area contributed by atoms with Gasteiger partial charge < -0.3 is 4.74 Å². The van der Waals surface area contributed by atoms with E-state index < -0.39 is 17.3 Å². The van der Waals surface area contributed by atoms with Crippen LogP contribution in [-0.4, -0.2) is 15.9 Å². The van der Waals surface area contributed by atoms with Gasteiger partial charge in [0.25, 0.3) is 5.56 Å². The topological polar surface area (TPSA) is 80.3 Å². The van der Waals surface area contributed by atoms with E-state index in [9.17, 15) is 23.2 Å². The van der Waals surface area contributed by atoms with E-state index in [1.54, 1.807) is 48.5 Å². The van der Waals surface area contributed by atoms with E-state index in [1.165, 1.54) is 30.5 Å². The van der Waals surface area contributed by atoms with Crippen molar-refractivity contribution in [2.24, 2.45) is 5.10 Å². The van der Waals surface area contributed by atoms with Crippen LogP contribution in [0.4, 0.5) is 13.2 Å². The van der Waals surface area contributed by atoms with Crippen molar-refractivity contribution in [3.05, 3.63) is 128 Å². The van der Waals surface area contributed by atoms with Gasteiger partial charge in [-0.3, -0.25) is 4.79 Å². The normalized spacial score (nSPS) is 11.6. The predicted molar refractivity (Wildman–Crippen MR) is 151 cm³/mol. The smallest absolute Gasteiger partial charge is 0.416 e. The molecule has 0 saturated carbocycles. The molecular formula is C30H17Cl2F3N4O2. The molecule has 0 radical (unpaired) electrons. The zero-order chi connectivity index (χ0) is 29.1. The van der Waals surface area contributed by atoms with Gasteiger partial charge in [-0.05, 0) is 48.0 Å². The molecule has 0 bridgehead atoms. The molecule has 0 fully saturated rings. The Labute approximate surface area is 241 Å². The largest absolute Gasteiger partial charge is 0.486 e. The Hall–Kier alpha value is -4.65. The number of nitrogens with zero attached hydrogens (tertiary/aromatic N) is 4. The first-order chi connectivity index (χ1) is 19.7. The number of aromatic nitrogens is 2. The Bertz CT molecular complexity index is 1890. The lowest BCUT2D eigenvalue weighted by Crippen LogP contribution is -2.20. The number of nitriles is 1. The summed E-state index contributed by atoms with van der Waals surface area (Å²) in [7, 11) is 0. The molecule has 0 saturated heterocycles. The number of halogens is 5. The predicted octanol–water partition coefficient (Wildman–Crippen LogP) is 7.72. The van der Waals surface area contributed by atoms with Gasteiger partial charge in [-0.2, -0.15) is 28.2 Å². The van der Waals surface area contributed by atoms with Crippen molar-refractivity contribution in [2.75, 3.05) is 0 Å². The Morgan fingerprint density at radius 3 is 2.41 bits per heavy atom. The maximum absolute atomic E-state index is 13.4. The molecule has 0 N–H and O–H groups in total. The molecule has 0 spiro atoms. The molecule has 0 atom stereocenters. The van der Waals surface area contributed by atoms with Gasteiger partial charge in [0.15, 0.2) is 11.6 Å². The summed E-state index contributed by atoms with van der Waals surface area (Å²) >= 11 is 12.9. The van der Waals surface area contributed by atoms with Gasteiger partial charge in [-0.25, -0.2) is 4.98 Å². The van der Waals surface area contributed by atoms with Gasteiger partial charge in [0.1, 0.15) is 6.61 Å². The fourth-order valence-electron chi connectivity index (χ4n) is 4.07. The van der Waals surface area contributed by atoms with E-state index in [-0.39, 0.29) is 39.2 Å². The highest BCUT2D eigenvalue weighted by Crippen LogP contribution is 2.35. The second kappa shape index (κ2) is 11.5. The number of hydrogen-bond acceptors (Lipinski definition) is 5.